The normalized spacial score (nSPS) is 10.9. The van der Waals surface area contributed by atoms with Crippen molar-refractivity contribution in [2.24, 2.45) is 0 Å². The van der Waals surface area contributed by atoms with Crippen molar-refractivity contribution in [1.29, 1.82) is 0 Å². The number of aromatic nitrogens is 4. The van der Waals surface area contributed by atoms with E-state index in [0.717, 1.165) is 12.8 Å². The summed E-state index contributed by atoms with van der Waals surface area (Å²) in [5, 5.41) is 16.9. The van der Waals surface area contributed by atoms with Gasteiger partial charge in [0.1, 0.15) is 5.75 Å². The zero-order valence-electron chi connectivity index (χ0n) is 12.9. The highest BCUT2D eigenvalue weighted by Crippen LogP contribution is 2.22. The molecule has 2 heterocycles. The molecular formula is C15H15ClN4O3S. The summed E-state index contributed by atoms with van der Waals surface area (Å²) in [5.41, 5.74) is 0. The summed E-state index contributed by atoms with van der Waals surface area (Å²) in [6, 6.07) is 7.06. The third kappa shape index (κ3) is 4.72. The number of nitrogens with zero attached hydrogens (tertiary/aromatic N) is 4. The van der Waals surface area contributed by atoms with Gasteiger partial charge in [0.2, 0.25) is 11.8 Å². The first-order valence-corrected chi connectivity index (χ1v) is 8.74. The van der Waals surface area contributed by atoms with Gasteiger partial charge in [-0.05, 0) is 30.7 Å². The Balaban J connectivity index is 1.48. The van der Waals surface area contributed by atoms with Crippen molar-refractivity contribution >= 4 is 23.4 Å². The number of hydrogen-bond acceptors (Lipinski definition) is 8. The lowest BCUT2D eigenvalue weighted by Gasteiger charge is -2.02. The summed E-state index contributed by atoms with van der Waals surface area (Å²) < 4.78 is 16.6. The number of halogens is 1. The molecule has 3 aromatic rings. The molecular weight excluding hydrogens is 352 g/mol. The summed E-state index contributed by atoms with van der Waals surface area (Å²) >= 11 is 7.16. The third-order valence-corrected chi connectivity index (χ3v) is 3.97. The van der Waals surface area contributed by atoms with Crippen LogP contribution in [0.2, 0.25) is 5.02 Å². The molecule has 0 N–H and O–H groups in total. The smallest absolute Gasteiger partial charge is 0.277 e. The lowest BCUT2D eigenvalue weighted by atomic mass is 10.3. The number of benzene rings is 1. The fourth-order valence-corrected chi connectivity index (χ4v) is 2.56. The molecule has 0 amide bonds. The fourth-order valence-electron chi connectivity index (χ4n) is 1.82. The van der Waals surface area contributed by atoms with E-state index in [4.69, 9.17) is 25.2 Å². The molecule has 0 aliphatic rings. The minimum absolute atomic E-state index is 0.191. The SMILES string of the molecule is CCCc1nnc(CSc2nnc(COc3ccc(Cl)cc3)o2)o1. The predicted octanol–water partition coefficient (Wildman–Crippen LogP) is 3.93. The Morgan fingerprint density at radius 3 is 2.54 bits per heavy atom. The quantitative estimate of drug-likeness (QED) is 0.554. The second kappa shape index (κ2) is 8.16. The minimum atomic E-state index is 0.191. The molecule has 9 heteroatoms. The molecule has 2 aromatic heterocycles. The average Bonchev–Trinajstić information content (AvgIpc) is 3.22. The van der Waals surface area contributed by atoms with Crippen molar-refractivity contribution in [2.45, 2.75) is 37.3 Å². The Bertz CT molecular complexity index is 775. The maximum absolute atomic E-state index is 5.82. The van der Waals surface area contributed by atoms with Gasteiger partial charge in [0, 0.05) is 11.4 Å². The number of ether oxygens (including phenoxy) is 1. The zero-order chi connectivity index (χ0) is 16.8. The first-order valence-electron chi connectivity index (χ1n) is 7.37. The highest BCUT2D eigenvalue weighted by Gasteiger charge is 2.11. The van der Waals surface area contributed by atoms with E-state index in [1.54, 1.807) is 24.3 Å². The van der Waals surface area contributed by atoms with E-state index < -0.39 is 0 Å². The number of thioether (sulfide) groups is 1. The van der Waals surface area contributed by atoms with Crippen molar-refractivity contribution in [3.8, 4) is 5.75 Å². The molecule has 0 saturated carbocycles. The second-order valence-electron chi connectivity index (χ2n) is 4.83. The van der Waals surface area contributed by atoms with Crippen molar-refractivity contribution in [3.63, 3.8) is 0 Å². The molecule has 0 spiro atoms. The van der Waals surface area contributed by atoms with E-state index in [-0.39, 0.29) is 6.61 Å². The van der Waals surface area contributed by atoms with Crippen molar-refractivity contribution in [3.05, 3.63) is 47.0 Å². The molecule has 0 atom stereocenters. The van der Waals surface area contributed by atoms with E-state index in [2.05, 4.69) is 27.3 Å². The first-order chi connectivity index (χ1) is 11.7. The summed E-state index contributed by atoms with van der Waals surface area (Å²) in [7, 11) is 0. The van der Waals surface area contributed by atoms with Gasteiger partial charge in [-0.3, -0.25) is 0 Å². The van der Waals surface area contributed by atoms with Gasteiger partial charge in [0.05, 0.1) is 5.75 Å². The molecule has 0 saturated heterocycles. The molecule has 0 fully saturated rings. The van der Waals surface area contributed by atoms with Crippen LogP contribution < -0.4 is 4.74 Å². The number of aryl methyl sites for hydroxylation is 1. The van der Waals surface area contributed by atoms with Gasteiger partial charge in [-0.1, -0.05) is 30.3 Å². The van der Waals surface area contributed by atoms with Crippen LogP contribution in [0.4, 0.5) is 0 Å². The monoisotopic (exact) mass is 366 g/mol. The molecule has 0 bridgehead atoms. The Morgan fingerprint density at radius 2 is 1.75 bits per heavy atom. The van der Waals surface area contributed by atoms with E-state index in [0.29, 0.717) is 39.4 Å². The van der Waals surface area contributed by atoms with Crippen LogP contribution in [0.3, 0.4) is 0 Å². The van der Waals surface area contributed by atoms with Crippen LogP contribution in [0.15, 0.2) is 38.3 Å². The minimum Gasteiger partial charge on any atom is -0.484 e. The Hall–Kier alpha value is -2.06. The van der Waals surface area contributed by atoms with Gasteiger partial charge < -0.3 is 13.6 Å². The number of hydrogen-bond donors (Lipinski definition) is 0. The standard InChI is InChI=1S/C15H15ClN4O3S/c1-2-3-12-17-19-14(22-12)9-24-15-20-18-13(23-15)8-21-11-6-4-10(16)5-7-11/h4-7H,2-3,8-9H2,1H3. The summed E-state index contributed by atoms with van der Waals surface area (Å²) in [5.74, 6) is 2.75. The zero-order valence-corrected chi connectivity index (χ0v) is 14.5. The van der Waals surface area contributed by atoms with E-state index >= 15 is 0 Å². The molecule has 3 rings (SSSR count). The van der Waals surface area contributed by atoms with Gasteiger partial charge in [-0.2, -0.15) is 0 Å². The van der Waals surface area contributed by atoms with Crippen LogP contribution in [-0.4, -0.2) is 20.4 Å². The van der Waals surface area contributed by atoms with E-state index in [9.17, 15) is 0 Å². The lowest BCUT2D eigenvalue weighted by Crippen LogP contribution is -1.95. The number of rotatable bonds is 8. The van der Waals surface area contributed by atoms with Crippen molar-refractivity contribution in [2.75, 3.05) is 0 Å². The molecule has 1 aromatic carbocycles. The molecule has 0 aliphatic heterocycles. The van der Waals surface area contributed by atoms with Gasteiger partial charge in [-0.15, -0.1) is 20.4 Å². The summed E-state index contributed by atoms with van der Waals surface area (Å²) in [4.78, 5) is 0. The van der Waals surface area contributed by atoms with Crippen molar-refractivity contribution in [1.82, 2.24) is 20.4 Å². The molecule has 0 aliphatic carbocycles. The van der Waals surface area contributed by atoms with Gasteiger partial charge in [0.25, 0.3) is 11.1 Å². The highest BCUT2D eigenvalue weighted by atomic mass is 35.5. The third-order valence-electron chi connectivity index (χ3n) is 2.92. The topological polar surface area (TPSA) is 87.1 Å². The Kier molecular flexibility index (Phi) is 5.71. The Labute approximate surface area is 147 Å². The molecule has 0 radical (unpaired) electrons. The second-order valence-corrected chi connectivity index (χ2v) is 6.20. The van der Waals surface area contributed by atoms with Crippen LogP contribution in [0.25, 0.3) is 0 Å². The van der Waals surface area contributed by atoms with Crippen molar-refractivity contribution < 1.29 is 13.6 Å². The van der Waals surface area contributed by atoms with Crippen LogP contribution in [0, 0.1) is 0 Å². The van der Waals surface area contributed by atoms with Gasteiger partial charge in [-0.25, -0.2) is 0 Å². The summed E-state index contributed by atoms with van der Waals surface area (Å²) in [6.45, 7) is 2.25. The van der Waals surface area contributed by atoms with Crippen LogP contribution in [0.1, 0.15) is 31.0 Å². The van der Waals surface area contributed by atoms with Crippen LogP contribution >= 0.6 is 23.4 Å². The first kappa shape index (κ1) is 16.8. The highest BCUT2D eigenvalue weighted by molar-refractivity contribution is 7.98. The molecule has 126 valence electrons. The molecule has 24 heavy (non-hydrogen) atoms. The van der Waals surface area contributed by atoms with Gasteiger partial charge >= 0.3 is 0 Å². The molecule has 0 unspecified atom stereocenters. The summed E-state index contributed by atoms with van der Waals surface area (Å²) in [6.07, 6.45) is 1.75. The lowest BCUT2D eigenvalue weighted by molar-refractivity contribution is 0.252. The average molecular weight is 367 g/mol. The predicted molar refractivity (Wildman–Crippen MR) is 87.9 cm³/mol. The van der Waals surface area contributed by atoms with Crippen LogP contribution in [-0.2, 0) is 18.8 Å². The maximum atomic E-state index is 5.82. The largest absolute Gasteiger partial charge is 0.484 e. The van der Waals surface area contributed by atoms with E-state index in [1.165, 1.54) is 11.8 Å². The molecule has 7 nitrogen and oxygen atoms in total. The van der Waals surface area contributed by atoms with E-state index in [1.807, 2.05) is 0 Å². The fraction of sp³-hybridized carbons (Fsp3) is 0.333. The van der Waals surface area contributed by atoms with Gasteiger partial charge in [0.15, 0.2) is 6.61 Å². The Morgan fingerprint density at radius 1 is 1.00 bits per heavy atom. The maximum Gasteiger partial charge on any atom is 0.277 e. The van der Waals surface area contributed by atoms with Crippen LogP contribution in [0.5, 0.6) is 5.75 Å².